The van der Waals surface area contributed by atoms with Crippen LogP contribution >= 0.6 is 22.6 Å². The Morgan fingerprint density at radius 2 is 1.91 bits per heavy atom. The first-order valence-corrected chi connectivity index (χ1v) is 8.28. The highest BCUT2D eigenvalue weighted by molar-refractivity contribution is 14.1. The maximum Gasteiger partial charge on any atom is 0.407 e. The van der Waals surface area contributed by atoms with Gasteiger partial charge in [0.25, 0.3) is 0 Å². The lowest BCUT2D eigenvalue weighted by molar-refractivity contribution is -0.239. The number of hydrogen-bond donors (Lipinski definition) is 4. The Morgan fingerprint density at radius 1 is 1.23 bits per heavy atom. The molecule has 1 aromatic rings. The van der Waals surface area contributed by atoms with Crippen molar-refractivity contribution in [1.29, 1.82) is 0 Å². The van der Waals surface area contributed by atoms with Crippen molar-refractivity contribution in [2.24, 2.45) is 0 Å². The monoisotopic (exact) mass is 423 g/mol. The third-order valence-corrected chi connectivity index (χ3v) is 4.24. The van der Waals surface area contributed by atoms with E-state index in [1.54, 1.807) is 12.1 Å². The fourth-order valence-electron chi connectivity index (χ4n) is 2.13. The maximum absolute atomic E-state index is 11.7. The van der Waals surface area contributed by atoms with Gasteiger partial charge in [0.1, 0.15) is 24.9 Å². The van der Waals surface area contributed by atoms with Crippen LogP contribution in [-0.4, -0.2) is 56.5 Å². The molecule has 0 unspecified atom stereocenters. The summed E-state index contributed by atoms with van der Waals surface area (Å²) in [6.45, 7) is 0.0609. The van der Waals surface area contributed by atoms with Gasteiger partial charge in [-0.15, -0.1) is 0 Å². The van der Waals surface area contributed by atoms with Crippen LogP contribution in [0.3, 0.4) is 0 Å². The van der Waals surface area contributed by atoms with Crippen LogP contribution in [0.15, 0.2) is 30.3 Å². The summed E-state index contributed by atoms with van der Waals surface area (Å²) >= 11 is 1.98. The molecule has 1 saturated heterocycles. The molecular formula is C14H18INO6. The van der Waals surface area contributed by atoms with Gasteiger partial charge in [-0.1, -0.05) is 52.9 Å². The van der Waals surface area contributed by atoms with Gasteiger partial charge in [-0.2, -0.15) is 0 Å². The number of alkyl halides is 1. The summed E-state index contributed by atoms with van der Waals surface area (Å²) in [5, 5.41) is 32.0. The molecule has 2 rings (SSSR count). The molecular weight excluding hydrogens is 405 g/mol. The van der Waals surface area contributed by atoms with Crippen LogP contribution in [0, 0.1) is 0 Å². The second-order valence-electron chi connectivity index (χ2n) is 4.93. The summed E-state index contributed by atoms with van der Waals surface area (Å²) in [5.74, 6) is 0. The molecule has 22 heavy (non-hydrogen) atoms. The van der Waals surface area contributed by atoms with Crippen molar-refractivity contribution in [2.75, 3.05) is 4.43 Å². The lowest BCUT2D eigenvalue weighted by atomic mass is 9.98. The molecule has 1 heterocycles. The Labute approximate surface area is 141 Å². The van der Waals surface area contributed by atoms with E-state index in [1.807, 2.05) is 40.8 Å². The highest BCUT2D eigenvalue weighted by Gasteiger charge is 2.44. The zero-order valence-corrected chi connectivity index (χ0v) is 13.8. The van der Waals surface area contributed by atoms with E-state index in [1.165, 1.54) is 0 Å². The van der Waals surface area contributed by atoms with Crippen molar-refractivity contribution < 1.29 is 29.6 Å². The van der Waals surface area contributed by atoms with Gasteiger partial charge in [-0.3, -0.25) is 0 Å². The van der Waals surface area contributed by atoms with E-state index in [0.29, 0.717) is 4.43 Å². The van der Waals surface area contributed by atoms with Crippen molar-refractivity contribution in [3.8, 4) is 0 Å². The SMILES string of the molecule is O=C(N[C@H]1[C@H](O)[C@@H](O)[C@H](CI)O[C@@H]1O)OCc1ccccc1. The largest absolute Gasteiger partial charge is 0.445 e. The predicted octanol–water partition coefficient (Wildman–Crippen LogP) is 0.155. The van der Waals surface area contributed by atoms with Gasteiger partial charge in [0, 0.05) is 4.43 Å². The zero-order valence-electron chi connectivity index (χ0n) is 11.6. The highest BCUT2D eigenvalue weighted by Crippen LogP contribution is 2.21. The topological polar surface area (TPSA) is 108 Å². The average molecular weight is 423 g/mol. The lowest BCUT2D eigenvalue weighted by Gasteiger charge is -2.40. The first-order valence-electron chi connectivity index (χ1n) is 6.75. The molecule has 1 aromatic carbocycles. The molecule has 1 fully saturated rings. The highest BCUT2D eigenvalue weighted by atomic mass is 127. The van der Waals surface area contributed by atoms with Crippen molar-refractivity contribution in [3.05, 3.63) is 35.9 Å². The van der Waals surface area contributed by atoms with Crippen LogP contribution < -0.4 is 5.32 Å². The van der Waals surface area contributed by atoms with E-state index in [9.17, 15) is 20.1 Å². The number of carbonyl (C=O) groups is 1. The van der Waals surface area contributed by atoms with E-state index < -0.39 is 36.7 Å². The van der Waals surface area contributed by atoms with Crippen molar-refractivity contribution in [2.45, 2.75) is 37.3 Å². The van der Waals surface area contributed by atoms with Crippen LogP contribution in [0.1, 0.15) is 5.56 Å². The molecule has 1 amide bonds. The number of aliphatic hydroxyl groups excluding tert-OH is 3. The standard InChI is InChI=1S/C14H18INO6/c15-6-9-11(17)12(18)10(13(19)22-9)16-14(20)21-7-8-4-2-1-3-5-8/h1-5,9-13,17-19H,6-7H2,(H,16,20)/t9-,10-,11-,12-,13-/m0/s1. The number of benzene rings is 1. The van der Waals surface area contributed by atoms with Gasteiger partial charge in [0.2, 0.25) is 0 Å². The molecule has 0 radical (unpaired) electrons. The summed E-state index contributed by atoms with van der Waals surface area (Å²) in [6, 6.07) is 7.93. The van der Waals surface area contributed by atoms with E-state index in [4.69, 9.17) is 9.47 Å². The van der Waals surface area contributed by atoms with E-state index in [2.05, 4.69) is 5.32 Å². The smallest absolute Gasteiger partial charge is 0.407 e. The fourth-order valence-corrected chi connectivity index (χ4v) is 2.86. The number of carbonyl (C=O) groups excluding carboxylic acids is 1. The first-order chi connectivity index (χ1) is 10.5. The molecule has 0 aliphatic carbocycles. The number of amides is 1. The second-order valence-corrected chi connectivity index (χ2v) is 5.81. The number of aliphatic hydroxyl groups is 3. The van der Waals surface area contributed by atoms with Crippen LogP contribution in [0.5, 0.6) is 0 Å². The Morgan fingerprint density at radius 3 is 2.55 bits per heavy atom. The Kier molecular flexibility index (Phi) is 6.38. The Balaban J connectivity index is 1.87. The van der Waals surface area contributed by atoms with Crippen molar-refractivity contribution in [3.63, 3.8) is 0 Å². The van der Waals surface area contributed by atoms with Gasteiger partial charge in [-0.05, 0) is 5.56 Å². The summed E-state index contributed by atoms with van der Waals surface area (Å²) in [5.41, 5.74) is 0.809. The van der Waals surface area contributed by atoms with Crippen LogP contribution in [0.4, 0.5) is 4.79 Å². The van der Waals surface area contributed by atoms with Crippen LogP contribution in [-0.2, 0) is 16.1 Å². The average Bonchev–Trinajstić information content (AvgIpc) is 2.54. The molecule has 0 aromatic heterocycles. The first kappa shape index (κ1) is 17.4. The molecule has 4 N–H and O–H groups in total. The third kappa shape index (κ3) is 4.29. The molecule has 8 heteroatoms. The number of nitrogens with one attached hydrogen (secondary N) is 1. The number of rotatable bonds is 4. The van der Waals surface area contributed by atoms with E-state index in [0.717, 1.165) is 5.56 Å². The maximum atomic E-state index is 11.7. The fraction of sp³-hybridized carbons (Fsp3) is 0.500. The molecule has 7 nitrogen and oxygen atoms in total. The van der Waals surface area contributed by atoms with Crippen LogP contribution in [0.25, 0.3) is 0 Å². The van der Waals surface area contributed by atoms with Crippen molar-refractivity contribution >= 4 is 28.7 Å². The number of halogens is 1. The van der Waals surface area contributed by atoms with Gasteiger partial charge in [0.05, 0.1) is 6.10 Å². The zero-order chi connectivity index (χ0) is 16.1. The second kappa shape index (κ2) is 8.06. The molecule has 0 spiro atoms. The molecule has 1 aliphatic rings. The minimum absolute atomic E-state index is 0.0609. The van der Waals surface area contributed by atoms with Gasteiger partial charge in [0.15, 0.2) is 6.29 Å². The van der Waals surface area contributed by atoms with E-state index >= 15 is 0 Å². The number of alkyl carbamates (subject to hydrolysis) is 1. The quantitative estimate of drug-likeness (QED) is 0.406. The predicted molar refractivity (Wildman–Crippen MR) is 85.3 cm³/mol. The summed E-state index contributed by atoms with van der Waals surface area (Å²) < 4.78 is 10.6. The normalized spacial score (nSPS) is 31.5. The van der Waals surface area contributed by atoms with Gasteiger partial charge >= 0.3 is 6.09 Å². The van der Waals surface area contributed by atoms with Crippen molar-refractivity contribution in [1.82, 2.24) is 5.32 Å². The van der Waals surface area contributed by atoms with Gasteiger partial charge in [-0.25, -0.2) is 4.79 Å². The Hall–Kier alpha value is -0.940. The Bertz CT molecular complexity index is 487. The van der Waals surface area contributed by atoms with Crippen LogP contribution in [0.2, 0.25) is 0 Å². The number of ether oxygens (including phenoxy) is 2. The molecule has 1 aliphatic heterocycles. The summed E-state index contributed by atoms with van der Waals surface area (Å²) in [7, 11) is 0. The summed E-state index contributed by atoms with van der Waals surface area (Å²) in [6.07, 6.45) is -5.45. The molecule has 0 bridgehead atoms. The third-order valence-electron chi connectivity index (χ3n) is 3.37. The van der Waals surface area contributed by atoms with E-state index in [-0.39, 0.29) is 6.61 Å². The lowest BCUT2D eigenvalue weighted by Crippen LogP contribution is -2.63. The summed E-state index contributed by atoms with van der Waals surface area (Å²) in [4.78, 5) is 11.7. The minimum atomic E-state index is -1.41. The molecule has 5 atom stereocenters. The molecule has 0 saturated carbocycles. The number of hydrogen-bond acceptors (Lipinski definition) is 6. The van der Waals surface area contributed by atoms with Gasteiger partial charge < -0.3 is 30.1 Å². The molecule has 122 valence electrons. The minimum Gasteiger partial charge on any atom is -0.445 e.